The fourth-order valence-corrected chi connectivity index (χ4v) is 0.515. The molecule has 0 bridgehead atoms. The quantitative estimate of drug-likeness (QED) is 0.600. The Morgan fingerprint density at radius 3 is 2.22 bits per heavy atom. The minimum absolute atomic E-state index is 0.354. The van der Waals surface area contributed by atoms with E-state index in [0.717, 1.165) is 12.4 Å². The molecule has 1 nitrogen and oxygen atoms in total. The molecule has 0 saturated heterocycles. The van der Waals surface area contributed by atoms with Crippen LogP contribution >= 0.6 is 12.6 Å². The van der Waals surface area contributed by atoms with Crippen molar-refractivity contribution >= 4 is 12.6 Å². The molecular formula is C7H16OS. The van der Waals surface area contributed by atoms with Crippen molar-refractivity contribution in [1.29, 1.82) is 0 Å². The van der Waals surface area contributed by atoms with E-state index in [9.17, 15) is 0 Å². The smallest absolute Gasteiger partial charge is 0.0519 e. The molecule has 56 valence electrons. The fourth-order valence-electron chi connectivity index (χ4n) is 0.409. The molecule has 1 unspecified atom stereocenters. The first-order valence-electron chi connectivity index (χ1n) is 3.39. The van der Waals surface area contributed by atoms with Crippen LogP contribution in [0.25, 0.3) is 0 Å². The van der Waals surface area contributed by atoms with Crippen molar-refractivity contribution < 1.29 is 4.74 Å². The molecule has 0 aliphatic carbocycles. The zero-order valence-electron chi connectivity index (χ0n) is 6.42. The lowest BCUT2D eigenvalue weighted by atomic mass is 10.2. The average Bonchev–Trinajstić information content (AvgIpc) is 1.83. The summed E-state index contributed by atoms with van der Waals surface area (Å²) in [5.74, 6) is 1.49. The predicted molar refractivity (Wildman–Crippen MR) is 44.1 cm³/mol. The summed E-state index contributed by atoms with van der Waals surface area (Å²) in [6.45, 7) is 7.06. The predicted octanol–water partition coefficient (Wildman–Crippen LogP) is 1.98. The Hall–Kier alpha value is 0.310. The van der Waals surface area contributed by atoms with Gasteiger partial charge in [-0.3, -0.25) is 0 Å². The summed E-state index contributed by atoms with van der Waals surface area (Å²) in [5.41, 5.74) is 0. The van der Waals surface area contributed by atoms with E-state index in [-0.39, 0.29) is 0 Å². The van der Waals surface area contributed by atoms with Gasteiger partial charge in [0.15, 0.2) is 0 Å². The van der Waals surface area contributed by atoms with Crippen molar-refractivity contribution in [1.82, 2.24) is 0 Å². The van der Waals surface area contributed by atoms with Gasteiger partial charge >= 0.3 is 0 Å². The minimum atomic E-state index is 0.354. The minimum Gasteiger partial charge on any atom is -0.378 e. The van der Waals surface area contributed by atoms with Crippen LogP contribution in [-0.4, -0.2) is 18.5 Å². The molecule has 0 spiro atoms. The average molecular weight is 148 g/mol. The van der Waals surface area contributed by atoms with Crippen LogP contribution in [0.5, 0.6) is 0 Å². The highest BCUT2D eigenvalue weighted by Crippen LogP contribution is 1.99. The highest BCUT2D eigenvalue weighted by molar-refractivity contribution is 7.80. The maximum Gasteiger partial charge on any atom is 0.0519 e. The summed E-state index contributed by atoms with van der Waals surface area (Å²) in [7, 11) is 0. The second-order valence-electron chi connectivity index (χ2n) is 2.67. The van der Waals surface area contributed by atoms with Crippen LogP contribution in [0.3, 0.4) is 0 Å². The molecule has 0 saturated carbocycles. The van der Waals surface area contributed by atoms with Crippen molar-refractivity contribution in [3.63, 3.8) is 0 Å². The lowest BCUT2D eigenvalue weighted by molar-refractivity contribution is 0.0603. The van der Waals surface area contributed by atoms with Crippen molar-refractivity contribution in [2.24, 2.45) is 5.92 Å². The zero-order chi connectivity index (χ0) is 7.28. The largest absolute Gasteiger partial charge is 0.378 e. The first-order chi connectivity index (χ1) is 4.16. The third-order valence-corrected chi connectivity index (χ3v) is 1.65. The molecular weight excluding hydrogens is 132 g/mol. The Morgan fingerprint density at radius 1 is 1.33 bits per heavy atom. The maximum absolute atomic E-state index is 5.35. The lowest BCUT2D eigenvalue weighted by Crippen LogP contribution is -2.11. The van der Waals surface area contributed by atoms with E-state index in [1.165, 1.54) is 0 Å². The molecule has 0 amide bonds. The summed E-state index contributed by atoms with van der Waals surface area (Å²) >= 11 is 4.14. The van der Waals surface area contributed by atoms with Gasteiger partial charge in [-0.15, -0.1) is 0 Å². The van der Waals surface area contributed by atoms with Gasteiger partial charge in [-0.2, -0.15) is 12.6 Å². The molecule has 1 atom stereocenters. The van der Waals surface area contributed by atoms with Gasteiger partial charge in [0.05, 0.1) is 12.7 Å². The van der Waals surface area contributed by atoms with Gasteiger partial charge in [-0.05, 0) is 25.5 Å². The molecule has 0 aromatic carbocycles. The Kier molecular flexibility index (Phi) is 5.30. The maximum atomic E-state index is 5.35. The van der Waals surface area contributed by atoms with Crippen LogP contribution < -0.4 is 0 Å². The number of hydrogen-bond acceptors (Lipinski definition) is 2. The summed E-state index contributed by atoms with van der Waals surface area (Å²) in [6.07, 6.45) is 0.354. The number of thiol groups is 1. The number of hydrogen-bond donors (Lipinski definition) is 1. The van der Waals surface area contributed by atoms with E-state index >= 15 is 0 Å². The summed E-state index contributed by atoms with van der Waals surface area (Å²) in [4.78, 5) is 0. The first kappa shape index (κ1) is 9.31. The topological polar surface area (TPSA) is 9.23 Å². The van der Waals surface area contributed by atoms with Gasteiger partial charge in [0.1, 0.15) is 0 Å². The molecule has 0 aromatic rings. The summed E-state index contributed by atoms with van der Waals surface area (Å²) in [5, 5.41) is 0. The van der Waals surface area contributed by atoms with Gasteiger partial charge < -0.3 is 4.74 Å². The Labute approximate surface area is 63.2 Å². The van der Waals surface area contributed by atoms with Crippen molar-refractivity contribution in [2.45, 2.75) is 26.9 Å². The summed E-state index contributed by atoms with van der Waals surface area (Å²) < 4.78 is 5.35. The van der Waals surface area contributed by atoms with Crippen molar-refractivity contribution in [2.75, 3.05) is 12.4 Å². The van der Waals surface area contributed by atoms with Crippen LogP contribution in [0.1, 0.15) is 20.8 Å². The molecule has 0 heterocycles. The number of ether oxygens (including phenoxy) is 1. The zero-order valence-corrected chi connectivity index (χ0v) is 7.32. The van der Waals surface area contributed by atoms with E-state index in [0.29, 0.717) is 12.0 Å². The van der Waals surface area contributed by atoms with Gasteiger partial charge in [-0.1, -0.05) is 6.92 Å². The highest BCUT2D eigenvalue weighted by atomic mass is 32.1. The Bertz CT molecular complexity index is 63.9. The Balaban J connectivity index is 3.06. The molecule has 9 heavy (non-hydrogen) atoms. The third-order valence-electron chi connectivity index (χ3n) is 1.03. The van der Waals surface area contributed by atoms with E-state index < -0.39 is 0 Å². The SMILES string of the molecule is CC(CS)COC(C)C. The molecule has 0 rings (SSSR count). The van der Waals surface area contributed by atoms with Crippen molar-refractivity contribution in [3.05, 3.63) is 0 Å². The normalized spacial score (nSPS) is 14.3. The van der Waals surface area contributed by atoms with E-state index in [1.807, 2.05) is 13.8 Å². The molecule has 0 aromatic heterocycles. The second kappa shape index (κ2) is 5.12. The van der Waals surface area contributed by atoms with Crippen LogP contribution in [0.2, 0.25) is 0 Å². The van der Waals surface area contributed by atoms with E-state index in [4.69, 9.17) is 4.74 Å². The Morgan fingerprint density at radius 2 is 1.89 bits per heavy atom. The van der Waals surface area contributed by atoms with E-state index in [1.54, 1.807) is 0 Å². The molecule has 2 heteroatoms. The first-order valence-corrected chi connectivity index (χ1v) is 4.02. The molecule has 0 radical (unpaired) electrons. The van der Waals surface area contributed by atoms with Crippen LogP contribution in [0, 0.1) is 5.92 Å². The number of rotatable bonds is 4. The van der Waals surface area contributed by atoms with Crippen molar-refractivity contribution in [3.8, 4) is 0 Å². The highest BCUT2D eigenvalue weighted by Gasteiger charge is 1.99. The summed E-state index contributed by atoms with van der Waals surface area (Å²) in [6, 6.07) is 0. The standard InChI is InChI=1S/C7H16OS/c1-6(2)8-4-7(3)5-9/h6-7,9H,4-5H2,1-3H3. The fraction of sp³-hybridized carbons (Fsp3) is 1.00. The monoisotopic (exact) mass is 148 g/mol. The lowest BCUT2D eigenvalue weighted by Gasteiger charge is -2.10. The van der Waals surface area contributed by atoms with E-state index in [2.05, 4.69) is 19.6 Å². The van der Waals surface area contributed by atoms with Gasteiger partial charge in [0.25, 0.3) is 0 Å². The molecule has 0 aliphatic heterocycles. The van der Waals surface area contributed by atoms with Gasteiger partial charge in [-0.25, -0.2) is 0 Å². The van der Waals surface area contributed by atoms with Crippen LogP contribution in [-0.2, 0) is 4.74 Å². The van der Waals surface area contributed by atoms with Gasteiger partial charge in [0.2, 0.25) is 0 Å². The molecule has 0 aliphatic rings. The van der Waals surface area contributed by atoms with Crippen LogP contribution in [0.15, 0.2) is 0 Å². The third kappa shape index (κ3) is 6.19. The van der Waals surface area contributed by atoms with Crippen LogP contribution in [0.4, 0.5) is 0 Å². The molecule has 0 N–H and O–H groups in total. The van der Waals surface area contributed by atoms with Gasteiger partial charge in [0, 0.05) is 0 Å². The second-order valence-corrected chi connectivity index (χ2v) is 3.03. The molecule has 0 fully saturated rings.